The maximum atomic E-state index is 13.0. The molecule has 2 aromatic carbocycles. The van der Waals surface area contributed by atoms with Gasteiger partial charge in [0, 0.05) is 43.3 Å². The molecule has 5 rings (SSSR count). The Hall–Kier alpha value is -3.88. The van der Waals surface area contributed by atoms with Crippen LogP contribution in [0.2, 0.25) is 10.0 Å². The zero-order valence-electron chi connectivity index (χ0n) is 20.0. The summed E-state index contributed by atoms with van der Waals surface area (Å²) in [6.07, 6.45) is 0. The minimum Gasteiger partial charge on any atom is -0.364 e. The number of nitrogens with zero attached hydrogens (tertiary/aromatic N) is 6. The van der Waals surface area contributed by atoms with E-state index >= 15 is 0 Å². The molecule has 0 N–H and O–H groups in total. The molecule has 0 spiro atoms. The maximum absolute atomic E-state index is 13.0. The van der Waals surface area contributed by atoms with Gasteiger partial charge in [0.15, 0.2) is 0 Å². The fourth-order valence-electron chi connectivity index (χ4n) is 4.96. The van der Waals surface area contributed by atoms with Crippen LogP contribution in [0, 0.1) is 17.9 Å². The molecule has 1 aliphatic rings. The van der Waals surface area contributed by atoms with E-state index in [2.05, 4.69) is 20.8 Å². The van der Waals surface area contributed by atoms with Crippen molar-refractivity contribution in [2.24, 2.45) is 7.05 Å². The number of nitriles is 1. The van der Waals surface area contributed by atoms with Crippen LogP contribution >= 0.6 is 23.2 Å². The highest BCUT2D eigenvalue weighted by Gasteiger charge is 2.30. The third-order valence-electron chi connectivity index (χ3n) is 6.79. The number of hydrogen-bond donors (Lipinski definition) is 0. The number of aryl methyl sites for hydroxylation is 1. The second kappa shape index (κ2) is 10.2. The lowest BCUT2D eigenvalue weighted by Crippen LogP contribution is -2.48. The number of fused-ring (bicyclic) bond motifs is 1. The molecule has 0 aliphatic carbocycles. The molecular formula is C28H22Cl2N6O. The SMILES string of the molecule is [C-]#[N+]c1ccc2c(n1)c(N1CCN(C(c3ccc(Cl)cc3)c3ccc(Cl)cc3)CC1)c(C#N)c(=O)n2C. The number of piperazine rings is 1. The van der Waals surface area contributed by atoms with Crippen LogP contribution in [-0.4, -0.2) is 40.6 Å². The van der Waals surface area contributed by atoms with E-state index in [1.54, 1.807) is 19.2 Å². The van der Waals surface area contributed by atoms with Gasteiger partial charge in [-0.15, -0.1) is 4.98 Å². The lowest BCUT2D eigenvalue weighted by atomic mass is 9.96. The van der Waals surface area contributed by atoms with E-state index in [4.69, 9.17) is 29.8 Å². The van der Waals surface area contributed by atoms with Gasteiger partial charge in [0.1, 0.15) is 17.3 Å². The number of benzene rings is 2. The first-order chi connectivity index (χ1) is 17.9. The molecule has 1 aliphatic heterocycles. The molecule has 0 saturated carbocycles. The Balaban J connectivity index is 1.52. The van der Waals surface area contributed by atoms with Gasteiger partial charge in [-0.05, 0) is 47.5 Å². The van der Waals surface area contributed by atoms with Gasteiger partial charge in [-0.2, -0.15) is 5.26 Å². The van der Waals surface area contributed by atoms with E-state index in [9.17, 15) is 10.1 Å². The normalized spacial score (nSPS) is 14.1. The molecule has 0 radical (unpaired) electrons. The fourth-order valence-corrected chi connectivity index (χ4v) is 5.21. The zero-order chi connectivity index (χ0) is 26.1. The molecule has 0 amide bonds. The maximum Gasteiger partial charge on any atom is 0.271 e. The van der Waals surface area contributed by atoms with Crippen LogP contribution in [-0.2, 0) is 7.05 Å². The molecule has 1 saturated heterocycles. The van der Waals surface area contributed by atoms with E-state index in [0.717, 1.165) is 11.1 Å². The Morgan fingerprint density at radius 1 is 0.946 bits per heavy atom. The Labute approximate surface area is 224 Å². The molecule has 184 valence electrons. The molecule has 0 bridgehead atoms. The summed E-state index contributed by atoms with van der Waals surface area (Å²) in [6, 6.07) is 21.1. The predicted molar refractivity (Wildman–Crippen MR) is 146 cm³/mol. The number of anilines is 1. The molecule has 37 heavy (non-hydrogen) atoms. The van der Waals surface area contributed by atoms with Crippen molar-refractivity contribution in [3.63, 3.8) is 0 Å². The zero-order valence-corrected chi connectivity index (χ0v) is 21.5. The summed E-state index contributed by atoms with van der Waals surface area (Å²) in [7, 11) is 1.62. The molecule has 7 nitrogen and oxygen atoms in total. The first-order valence-electron chi connectivity index (χ1n) is 11.7. The highest BCUT2D eigenvalue weighted by Crippen LogP contribution is 2.34. The Morgan fingerprint density at radius 2 is 1.51 bits per heavy atom. The summed E-state index contributed by atoms with van der Waals surface area (Å²) in [5.41, 5.74) is 3.48. The average molecular weight is 529 g/mol. The first-order valence-corrected chi connectivity index (χ1v) is 12.5. The van der Waals surface area contributed by atoms with Gasteiger partial charge in [0.2, 0.25) is 5.52 Å². The molecule has 0 atom stereocenters. The number of rotatable bonds is 4. The Kier molecular flexibility index (Phi) is 6.86. The second-order valence-electron chi connectivity index (χ2n) is 8.88. The summed E-state index contributed by atoms with van der Waals surface area (Å²) in [5, 5.41) is 11.3. The largest absolute Gasteiger partial charge is 0.364 e. The Morgan fingerprint density at radius 3 is 2.03 bits per heavy atom. The number of pyridine rings is 2. The average Bonchev–Trinajstić information content (AvgIpc) is 2.93. The van der Waals surface area contributed by atoms with Crippen molar-refractivity contribution in [3.8, 4) is 6.07 Å². The molecule has 9 heteroatoms. The number of hydrogen-bond acceptors (Lipinski definition) is 5. The quantitative estimate of drug-likeness (QED) is 0.323. The second-order valence-corrected chi connectivity index (χ2v) is 9.75. The Bertz CT molecular complexity index is 1560. The summed E-state index contributed by atoms with van der Waals surface area (Å²) in [4.78, 5) is 25.4. The number of aromatic nitrogens is 2. The molecule has 4 aromatic rings. The van der Waals surface area contributed by atoms with Crippen molar-refractivity contribution < 1.29 is 0 Å². The summed E-state index contributed by atoms with van der Waals surface area (Å²) in [5.74, 6) is 0.223. The van der Waals surface area contributed by atoms with Crippen molar-refractivity contribution >= 4 is 45.7 Å². The van der Waals surface area contributed by atoms with Crippen LogP contribution in [0.15, 0.2) is 65.5 Å². The van der Waals surface area contributed by atoms with Crippen molar-refractivity contribution in [3.05, 3.63) is 109 Å². The van der Waals surface area contributed by atoms with Gasteiger partial charge in [-0.25, -0.2) is 0 Å². The lowest BCUT2D eigenvalue weighted by Gasteiger charge is -2.40. The highest BCUT2D eigenvalue weighted by molar-refractivity contribution is 6.30. The van der Waals surface area contributed by atoms with E-state index in [1.807, 2.05) is 53.4 Å². The molecule has 0 unspecified atom stereocenters. The molecule has 3 heterocycles. The minimum absolute atomic E-state index is 0.0145. The van der Waals surface area contributed by atoms with Crippen molar-refractivity contribution in [2.45, 2.75) is 6.04 Å². The molecule has 1 fully saturated rings. The summed E-state index contributed by atoms with van der Waals surface area (Å²) < 4.78 is 1.42. The van der Waals surface area contributed by atoms with E-state index < -0.39 is 0 Å². The first kappa shape index (κ1) is 24.8. The van der Waals surface area contributed by atoms with Crippen LogP contribution in [0.3, 0.4) is 0 Å². The summed E-state index contributed by atoms with van der Waals surface area (Å²) in [6.45, 7) is 9.91. The molecule has 2 aromatic heterocycles. The van der Waals surface area contributed by atoms with Crippen LogP contribution < -0.4 is 10.5 Å². The standard InChI is InChI=1S/C28H22Cl2N6O/c1-32-24-12-11-23-25(33-24)27(22(17-31)28(37)34(23)2)36-15-13-35(14-16-36)26(18-3-7-20(29)8-4-18)19-5-9-21(30)10-6-19/h3-12,26H,13-16H2,2H3. The van der Waals surface area contributed by atoms with Crippen LogP contribution in [0.4, 0.5) is 11.5 Å². The van der Waals surface area contributed by atoms with Gasteiger partial charge in [0.25, 0.3) is 11.4 Å². The van der Waals surface area contributed by atoms with E-state index in [1.165, 1.54) is 4.57 Å². The highest BCUT2D eigenvalue weighted by atomic mass is 35.5. The fraction of sp³-hybridized carbons (Fsp3) is 0.214. The third-order valence-corrected chi connectivity index (χ3v) is 7.30. The topological polar surface area (TPSA) is 69.5 Å². The lowest BCUT2D eigenvalue weighted by molar-refractivity contribution is 0.212. The van der Waals surface area contributed by atoms with Crippen LogP contribution in [0.25, 0.3) is 15.9 Å². The van der Waals surface area contributed by atoms with Crippen LogP contribution in [0.1, 0.15) is 22.7 Å². The van der Waals surface area contributed by atoms with Gasteiger partial charge in [0.05, 0.1) is 11.6 Å². The van der Waals surface area contributed by atoms with E-state index in [-0.39, 0.29) is 23.0 Å². The van der Waals surface area contributed by atoms with Crippen molar-refractivity contribution in [2.75, 3.05) is 31.1 Å². The predicted octanol–water partition coefficient (Wildman–Crippen LogP) is 5.57. The van der Waals surface area contributed by atoms with Gasteiger partial charge in [-0.1, -0.05) is 54.0 Å². The summed E-state index contributed by atoms with van der Waals surface area (Å²) >= 11 is 12.3. The monoisotopic (exact) mass is 528 g/mol. The van der Waals surface area contributed by atoms with E-state index in [0.29, 0.717) is 52.9 Å². The number of halogens is 2. The molecular weight excluding hydrogens is 507 g/mol. The minimum atomic E-state index is -0.370. The van der Waals surface area contributed by atoms with Gasteiger partial charge >= 0.3 is 0 Å². The van der Waals surface area contributed by atoms with Crippen molar-refractivity contribution in [1.29, 1.82) is 5.26 Å². The smallest absolute Gasteiger partial charge is 0.271 e. The van der Waals surface area contributed by atoms with Crippen molar-refractivity contribution in [1.82, 2.24) is 14.5 Å². The van der Waals surface area contributed by atoms with Crippen LogP contribution in [0.5, 0.6) is 0 Å². The van der Waals surface area contributed by atoms with Gasteiger partial charge < -0.3 is 14.3 Å². The van der Waals surface area contributed by atoms with Gasteiger partial charge in [-0.3, -0.25) is 9.69 Å². The third kappa shape index (κ3) is 4.65.